The lowest BCUT2D eigenvalue weighted by molar-refractivity contribution is -0.148. The van der Waals surface area contributed by atoms with Gasteiger partial charge in [0.15, 0.2) is 5.78 Å². The van der Waals surface area contributed by atoms with Crippen molar-refractivity contribution in [3.63, 3.8) is 0 Å². The van der Waals surface area contributed by atoms with E-state index in [9.17, 15) is 29.1 Å². The molecule has 1 aliphatic heterocycles. The Labute approximate surface area is 307 Å². The first-order chi connectivity index (χ1) is 23.7. The highest BCUT2D eigenvalue weighted by molar-refractivity contribution is 5.92. The van der Waals surface area contributed by atoms with E-state index in [0.29, 0.717) is 13.0 Å². The fourth-order valence-corrected chi connectivity index (χ4v) is 7.48. The summed E-state index contributed by atoms with van der Waals surface area (Å²) < 4.78 is 11.8. The van der Waals surface area contributed by atoms with Gasteiger partial charge in [0.2, 0.25) is 23.6 Å². The molecule has 13 heteroatoms. The average Bonchev–Trinajstić information content (AvgIpc) is 3.53. The summed E-state index contributed by atoms with van der Waals surface area (Å²) in [6.45, 7) is 18.9. The zero-order chi connectivity index (χ0) is 39.5. The molecule has 0 spiro atoms. The molecule has 10 atom stereocenters. The topological polar surface area (TPSA) is 158 Å². The van der Waals surface area contributed by atoms with Crippen molar-refractivity contribution in [2.75, 3.05) is 41.9 Å². The van der Waals surface area contributed by atoms with Gasteiger partial charge in [-0.1, -0.05) is 68.7 Å². The van der Waals surface area contributed by atoms with E-state index >= 15 is 0 Å². The van der Waals surface area contributed by atoms with Crippen molar-refractivity contribution in [3.8, 4) is 0 Å². The molecule has 0 saturated carbocycles. The van der Waals surface area contributed by atoms with Gasteiger partial charge in [0.05, 0.1) is 48.8 Å². The third-order valence-electron chi connectivity index (χ3n) is 10.6. The van der Waals surface area contributed by atoms with E-state index in [1.165, 1.54) is 14.0 Å². The van der Waals surface area contributed by atoms with Gasteiger partial charge in [0.1, 0.15) is 12.1 Å². The van der Waals surface area contributed by atoms with Crippen LogP contribution in [-0.4, -0.2) is 140 Å². The number of likely N-dealkylation sites (N-methyl/N-ethyl adjacent to an activating group) is 2. The molecule has 1 saturated heterocycles. The van der Waals surface area contributed by atoms with E-state index in [1.807, 2.05) is 60.5 Å². The van der Waals surface area contributed by atoms with Crippen molar-refractivity contribution in [2.24, 2.45) is 29.6 Å². The van der Waals surface area contributed by atoms with E-state index in [2.05, 4.69) is 10.6 Å². The van der Waals surface area contributed by atoms with Gasteiger partial charge < -0.3 is 35.0 Å². The minimum atomic E-state index is -1.07. The Morgan fingerprint density at radius 3 is 1.84 bits per heavy atom. The van der Waals surface area contributed by atoms with Gasteiger partial charge in [0, 0.05) is 33.7 Å². The second-order valence-corrected chi connectivity index (χ2v) is 15.8. The highest BCUT2D eigenvalue weighted by atomic mass is 16.5. The summed E-state index contributed by atoms with van der Waals surface area (Å²) in [5.41, 5.74) is 0. The van der Waals surface area contributed by atoms with E-state index in [4.69, 9.17) is 9.47 Å². The van der Waals surface area contributed by atoms with Crippen LogP contribution in [0.4, 0.5) is 0 Å². The van der Waals surface area contributed by atoms with Crippen LogP contribution < -0.4 is 10.6 Å². The Balaban J connectivity index is 3.30. The smallest absolute Gasteiger partial charge is 0.245 e. The number of ketones is 1. The predicted molar refractivity (Wildman–Crippen MR) is 199 cm³/mol. The molecule has 0 aliphatic carbocycles. The van der Waals surface area contributed by atoms with Gasteiger partial charge in [-0.3, -0.25) is 28.9 Å². The maximum Gasteiger partial charge on any atom is 0.245 e. The molecule has 0 bridgehead atoms. The fraction of sp³-hybridized carbons (Fsp3) is 0.868. The normalized spacial score (nSPS) is 20.4. The SMILES string of the molecule is CC[C@H](C)[C@@H]([C@@H](CC(=O)N1CCC[C@H]1C(OC)[C@@H](C)C(=O)N[C@H](C(=O)C(C)C)C(C)O)OC)N(C)C(=O)[C@@H](NC(=O)[C@H](C(C)C)N(C)C)C(C)C. The van der Waals surface area contributed by atoms with E-state index in [0.717, 1.165) is 12.8 Å². The Hall–Kier alpha value is -2.61. The van der Waals surface area contributed by atoms with E-state index in [-0.39, 0.29) is 53.6 Å². The number of carbonyl (C=O) groups excluding carboxylic acids is 5. The summed E-state index contributed by atoms with van der Waals surface area (Å²) in [4.78, 5) is 73.0. The molecule has 3 N–H and O–H groups in total. The molecule has 1 aliphatic rings. The molecule has 0 radical (unpaired) electrons. The molecule has 1 heterocycles. The molecule has 0 aromatic heterocycles. The molecule has 51 heavy (non-hydrogen) atoms. The van der Waals surface area contributed by atoms with Crippen LogP contribution in [0.2, 0.25) is 0 Å². The Morgan fingerprint density at radius 2 is 1.41 bits per heavy atom. The molecule has 1 rings (SSSR count). The maximum absolute atomic E-state index is 14.2. The largest absolute Gasteiger partial charge is 0.391 e. The molecule has 1 fully saturated rings. The lowest BCUT2D eigenvalue weighted by Gasteiger charge is -2.41. The number of hydrogen-bond donors (Lipinski definition) is 3. The molecule has 0 aromatic carbocycles. The van der Waals surface area contributed by atoms with Crippen LogP contribution in [0.15, 0.2) is 0 Å². The Bertz CT molecular complexity index is 1140. The number of Topliss-reactive ketones (excluding diaryl/α,β-unsaturated/α-hetero) is 1. The van der Waals surface area contributed by atoms with Crippen molar-refractivity contribution in [1.29, 1.82) is 0 Å². The van der Waals surface area contributed by atoms with Gasteiger partial charge >= 0.3 is 0 Å². The zero-order valence-corrected chi connectivity index (χ0v) is 34.2. The summed E-state index contributed by atoms with van der Waals surface area (Å²) in [6.07, 6.45) is -0.316. The van der Waals surface area contributed by atoms with Gasteiger partial charge in [-0.05, 0) is 51.6 Å². The van der Waals surface area contributed by atoms with Gasteiger partial charge in [-0.2, -0.15) is 0 Å². The highest BCUT2D eigenvalue weighted by Gasteiger charge is 2.43. The molecule has 4 amide bonds. The third-order valence-corrected chi connectivity index (χ3v) is 10.6. The molecule has 296 valence electrons. The molecule has 2 unspecified atom stereocenters. The molecular formula is C38H71N5O8. The average molecular weight is 726 g/mol. The van der Waals surface area contributed by atoms with E-state index in [1.54, 1.807) is 44.7 Å². The van der Waals surface area contributed by atoms with E-state index < -0.39 is 60.3 Å². The summed E-state index contributed by atoms with van der Waals surface area (Å²) in [7, 11) is 8.46. The van der Waals surface area contributed by atoms with Crippen LogP contribution in [-0.2, 0) is 33.4 Å². The second kappa shape index (κ2) is 21.2. The van der Waals surface area contributed by atoms with Crippen molar-refractivity contribution >= 4 is 29.4 Å². The molecular weight excluding hydrogens is 654 g/mol. The lowest BCUT2D eigenvalue weighted by atomic mass is 9.89. The quantitative estimate of drug-likeness (QED) is 0.162. The number of aliphatic hydroxyl groups excluding tert-OH is 1. The number of hydrogen-bond acceptors (Lipinski definition) is 9. The fourth-order valence-electron chi connectivity index (χ4n) is 7.48. The Kier molecular flexibility index (Phi) is 19.3. The number of amides is 4. The first kappa shape index (κ1) is 46.4. The lowest BCUT2D eigenvalue weighted by Crippen LogP contribution is -2.59. The number of aliphatic hydroxyl groups is 1. The van der Waals surface area contributed by atoms with Crippen molar-refractivity contribution in [1.82, 2.24) is 25.3 Å². The summed E-state index contributed by atoms with van der Waals surface area (Å²) in [5.74, 6) is -2.63. The van der Waals surface area contributed by atoms with Crippen LogP contribution >= 0.6 is 0 Å². The number of nitrogens with one attached hydrogen (secondary N) is 2. The number of likely N-dealkylation sites (tertiary alicyclic amines) is 1. The number of rotatable bonds is 21. The first-order valence-corrected chi connectivity index (χ1v) is 18.8. The van der Waals surface area contributed by atoms with Crippen LogP contribution in [0.3, 0.4) is 0 Å². The zero-order valence-electron chi connectivity index (χ0n) is 34.2. The third kappa shape index (κ3) is 12.2. The summed E-state index contributed by atoms with van der Waals surface area (Å²) in [6, 6.07) is -3.10. The van der Waals surface area contributed by atoms with Crippen molar-refractivity contribution in [3.05, 3.63) is 0 Å². The predicted octanol–water partition coefficient (Wildman–Crippen LogP) is 2.72. The minimum Gasteiger partial charge on any atom is -0.391 e. The summed E-state index contributed by atoms with van der Waals surface area (Å²) >= 11 is 0. The molecule has 13 nitrogen and oxygen atoms in total. The number of nitrogens with zero attached hydrogens (tertiary/aromatic N) is 3. The van der Waals surface area contributed by atoms with Crippen LogP contribution in [0, 0.1) is 29.6 Å². The van der Waals surface area contributed by atoms with Crippen molar-refractivity contribution < 1.29 is 38.6 Å². The van der Waals surface area contributed by atoms with Gasteiger partial charge in [0.25, 0.3) is 0 Å². The maximum atomic E-state index is 14.2. The standard InChI is InChI=1S/C38H71N5O8/c1-16-24(8)33(42(13)38(49)30(21(2)3)39-37(48)32(22(4)5)41(11)12)28(50-14)20-29(45)43-19-17-18-27(43)35(51-15)25(9)36(47)40-31(26(10)44)34(46)23(6)7/h21-28,30-33,35,44H,16-20H2,1-15H3,(H,39,48)(H,40,47)/t24-,25+,26?,27-,28+,30-,31-,32-,33-,35?/m0/s1. The number of carbonyl (C=O) groups is 5. The van der Waals surface area contributed by atoms with Gasteiger partial charge in [-0.25, -0.2) is 0 Å². The van der Waals surface area contributed by atoms with Crippen LogP contribution in [0.1, 0.15) is 94.9 Å². The van der Waals surface area contributed by atoms with Crippen LogP contribution in [0.5, 0.6) is 0 Å². The first-order valence-electron chi connectivity index (χ1n) is 18.8. The number of methoxy groups -OCH3 is 2. The number of ether oxygens (including phenoxy) is 2. The van der Waals surface area contributed by atoms with Gasteiger partial charge in [-0.15, -0.1) is 0 Å². The Morgan fingerprint density at radius 1 is 0.843 bits per heavy atom. The van der Waals surface area contributed by atoms with Crippen molar-refractivity contribution in [2.45, 2.75) is 143 Å². The summed E-state index contributed by atoms with van der Waals surface area (Å²) in [5, 5.41) is 16.0. The highest BCUT2D eigenvalue weighted by Crippen LogP contribution is 2.30. The molecule has 0 aromatic rings. The minimum absolute atomic E-state index is 0.00160. The second-order valence-electron chi connectivity index (χ2n) is 15.8. The van der Waals surface area contributed by atoms with Crippen LogP contribution in [0.25, 0.3) is 0 Å². The monoisotopic (exact) mass is 726 g/mol.